The second-order valence-corrected chi connectivity index (χ2v) is 7.61. The van der Waals surface area contributed by atoms with Crippen LogP contribution in [0.3, 0.4) is 0 Å². The number of nitriles is 1. The number of methoxy groups -OCH3 is 1. The molecule has 2 N–H and O–H groups in total. The molecule has 0 saturated carbocycles. The van der Waals surface area contributed by atoms with Gasteiger partial charge in [-0.2, -0.15) is 5.26 Å². The maximum Gasteiger partial charge on any atom is 0.343 e. The average Bonchev–Trinajstić information content (AvgIpc) is 2.77. The fourth-order valence-corrected chi connectivity index (χ4v) is 3.70. The van der Waals surface area contributed by atoms with Gasteiger partial charge in [0.1, 0.15) is 29.8 Å². The van der Waals surface area contributed by atoms with Gasteiger partial charge in [0.05, 0.1) is 18.6 Å². The van der Waals surface area contributed by atoms with Gasteiger partial charge in [-0.1, -0.05) is 29.8 Å². The number of nitrogens with zero attached hydrogens (tertiary/aromatic N) is 1. The number of fused-ring (bicyclic) bond motifs is 1. The molecule has 0 bridgehead atoms. The summed E-state index contributed by atoms with van der Waals surface area (Å²) in [4.78, 5) is 12.7. The number of hydrogen-bond acceptors (Lipinski definition) is 7. The molecule has 1 aliphatic rings. The van der Waals surface area contributed by atoms with Crippen LogP contribution in [0.2, 0.25) is 5.02 Å². The Morgan fingerprint density at radius 3 is 2.59 bits per heavy atom. The maximum absolute atomic E-state index is 12.7. The van der Waals surface area contributed by atoms with E-state index in [1.54, 1.807) is 43.3 Å². The van der Waals surface area contributed by atoms with Crippen LogP contribution in [0.5, 0.6) is 17.2 Å². The number of ether oxygens (including phenoxy) is 3. The summed E-state index contributed by atoms with van der Waals surface area (Å²) < 4.78 is 22.2. The van der Waals surface area contributed by atoms with E-state index in [4.69, 9.17) is 36.0 Å². The zero-order valence-corrected chi connectivity index (χ0v) is 18.1. The van der Waals surface area contributed by atoms with Crippen LogP contribution in [-0.2, 0) is 6.61 Å². The van der Waals surface area contributed by atoms with Crippen LogP contribution < -0.4 is 25.6 Å². The Balaban J connectivity index is 1.73. The number of aryl methyl sites for hydroxylation is 1. The van der Waals surface area contributed by atoms with Crippen molar-refractivity contribution in [1.82, 2.24) is 0 Å². The lowest BCUT2D eigenvalue weighted by molar-refractivity contribution is 0.284. The number of rotatable bonds is 5. The van der Waals surface area contributed by atoms with Crippen molar-refractivity contribution in [2.75, 3.05) is 7.11 Å². The van der Waals surface area contributed by atoms with E-state index in [-0.39, 0.29) is 22.8 Å². The predicted octanol–water partition coefficient (Wildman–Crippen LogP) is 4.41. The first kappa shape index (κ1) is 21.3. The number of nitrogens with two attached hydrogens (primary N) is 1. The topological polar surface area (TPSA) is 108 Å². The number of allylic oxidation sites excluding steroid dienone is 1. The molecular formula is C24H19ClN2O5. The molecule has 162 valence electrons. The highest BCUT2D eigenvalue weighted by Crippen LogP contribution is 2.42. The van der Waals surface area contributed by atoms with Crippen molar-refractivity contribution in [2.24, 2.45) is 5.73 Å². The Labute approximate surface area is 189 Å². The molecule has 2 aromatic carbocycles. The highest BCUT2D eigenvalue weighted by molar-refractivity contribution is 6.30. The summed E-state index contributed by atoms with van der Waals surface area (Å²) in [5.41, 5.74) is 7.28. The number of hydrogen-bond donors (Lipinski definition) is 1. The minimum Gasteiger partial charge on any atom is -0.493 e. The van der Waals surface area contributed by atoms with Crippen molar-refractivity contribution < 1.29 is 18.6 Å². The van der Waals surface area contributed by atoms with Gasteiger partial charge in [-0.05, 0) is 42.3 Å². The molecule has 1 aromatic heterocycles. The van der Waals surface area contributed by atoms with Crippen LogP contribution in [0, 0.1) is 18.3 Å². The summed E-state index contributed by atoms with van der Waals surface area (Å²) in [5, 5.41) is 10.4. The summed E-state index contributed by atoms with van der Waals surface area (Å²) in [6.07, 6.45) is 0. The minimum absolute atomic E-state index is 0.0583. The number of halogens is 1. The van der Waals surface area contributed by atoms with Crippen molar-refractivity contribution in [3.8, 4) is 23.3 Å². The summed E-state index contributed by atoms with van der Waals surface area (Å²) in [5.74, 6) is 0.769. The Morgan fingerprint density at radius 1 is 1.16 bits per heavy atom. The Hall–Kier alpha value is -3.89. The van der Waals surface area contributed by atoms with E-state index in [0.717, 1.165) is 5.56 Å². The highest BCUT2D eigenvalue weighted by Gasteiger charge is 2.34. The van der Waals surface area contributed by atoms with Crippen LogP contribution in [0.4, 0.5) is 0 Å². The first-order valence-corrected chi connectivity index (χ1v) is 10.1. The van der Waals surface area contributed by atoms with Gasteiger partial charge >= 0.3 is 5.63 Å². The van der Waals surface area contributed by atoms with E-state index in [2.05, 4.69) is 6.07 Å². The van der Waals surface area contributed by atoms with Crippen molar-refractivity contribution >= 4 is 11.6 Å². The lowest BCUT2D eigenvalue weighted by Crippen LogP contribution is -2.26. The largest absolute Gasteiger partial charge is 0.493 e. The molecule has 0 aliphatic carbocycles. The van der Waals surface area contributed by atoms with Crippen molar-refractivity contribution in [2.45, 2.75) is 19.4 Å². The van der Waals surface area contributed by atoms with Gasteiger partial charge in [0.2, 0.25) is 5.88 Å². The summed E-state index contributed by atoms with van der Waals surface area (Å²) in [6, 6.07) is 16.1. The predicted molar refractivity (Wildman–Crippen MR) is 118 cm³/mol. The van der Waals surface area contributed by atoms with E-state index < -0.39 is 11.5 Å². The quantitative estimate of drug-likeness (QED) is 0.613. The SMILES string of the molecule is COc1cc([C@H]2C(C#N)=C(N)Oc3cc(C)oc(=O)c32)ccc1OCc1ccc(Cl)cc1. The standard InChI is InChI=1S/C24H19ClN2O5/c1-13-9-20-22(24(28)31-13)21(17(11-26)23(27)32-20)15-5-8-18(19(10-15)29-2)30-12-14-3-6-16(25)7-4-14/h3-10,21H,12,27H2,1-2H3/t21-/m0/s1. The van der Waals surface area contributed by atoms with E-state index >= 15 is 0 Å². The van der Waals surface area contributed by atoms with Crippen LogP contribution in [-0.4, -0.2) is 7.11 Å². The molecule has 7 nitrogen and oxygen atoms in total. The first-order chi connectivity index (χ1) is 15.4. The third-order valence-corrected chi connectivity index (χ3v) is 5.34. The number of benzene rings is 2. The third-order valence-electron chi connectivity index (χ3n) is 5.09. The molecule has 0 amide bonds. The molecule has 1 atom stereocenters. The van der Waals surface area contributed by atoms with Crippen LogP contribution in [0.15, 0.2) is 69.2 Å². The van der Waals surface area contributed by atoms with Crippen molar-refractivity contribution in [3.05, 3.63) is 97.9 Å². The molecule has 1 aliphatic heterocycles. The molecule has 2 heterocycles. The smallest absolute Gasteiger partial charge is 0.343 e. The molecule has 8 heteroatoms. The van der Waals surface area contributed by atoms with Crippen LogP contribution in [0.25, 0.3) is 0 Å². The molecule has 3 aromatic rings. The Morgan fingerprint density at radius 2 is 1.91 bits per heavy atom. The maximum atomic E-state index is 12.7. The summed E-state index contributed by atoms with van der Waals surface area (Å²) >= 11 is 5.92. The second kappa shape index (κ2) is 8.69. The Bertz CT molecular complexity index is 1310. The highest BCUT2D eigenvalue weighted by atomic mass is 35.5. The van der Waals surface area contributed by atoms with E-state index in [1.807, 2.05) is 12.1 Å². The average molecular weight is 451 g/mol. The molecule has 0 spiro atoms. The Kier molecular flexibility index (Phi) is 5.80. The first-order valence-electron chi connectivity index (χ1n) is 9.68. The van der Waals surface area contributed by atoms with Gasteiger partial charge in [0, 0.05) is 11.1 Å². The fourth-order valence-electron chi connectivity index (χ4n) is 3.58. The molecule has 32 heavy (non-hydrogen) atoms. The molecule has 0 radical (unpaired) electrons. The summed E-state index contributed by atoms with van der Waals surface area (Å²) in [6.45, 7) is 1.95. The van der Waals surface area contributed by atoms with Gasteiger partial charge in [-0.3, -0.25) is 0 Å². The molecule has 0 unspecified atom stereocenters. The zero-order valence-electron chi connectivity index (χ0n) is 17.3. The second-order valence-electron chi connectivity index (χ2n) is 7.17. The molecule has 0 fully saturated rings. The molecule has 0 saturated heterocycles. The third kappa shape index (κ3) is 4.01. The van der Waals surface area contributed by atoms with Gasteiger partial charge in [-0.25, -0.2) is 4.79 Å². The van der Waals surface area contributed by atoms with Crippen molar-refractivity contribution in [3.63, 3.8) is 0 Å². The molecular weight excluding hydrogens is 432 g/mol. The van der Waals surface area contributed by atoms with Gasteiger partial charge in [0.25, 0.3) is 0 Å². The monoisotopic (exact) mass is 450 g/mol. The van der Waals surface area contributed by atoms with Crippen LogP contribution >= 0.6 is 11.6 Å². The minimum atomic E-state index is -0.764. The van der Waals surface area contributed by atoms with Gasteiger partial charge in [-0.15, -0.1) is 0 Å². The zero-order chi connectivity index (χ0) is 22.8. The van der Waals surface area contributed by atoms with E-state index in [1.165, 1.54) is 7.11 Å². The van der Waals surface area contributed by atoms with Gasteiger partial charge in [0.15, 0.2) is 11.5 Å². The van der Waals surface area contributed by atoms with Gasteiger partial charge < -0.3 is 24.4 Å². The normalized spacial score (nSPS) is 14.9. The fraction of sp³-hybridized carbons (Fsp3) is 0.167. The summed E-state index contributed by atoms with van der Waals surface area (Å²) in [7, 11) is 1.51. The van der Waals surface area contributed by atoms with Crippen molar-refractivity contribution in [1.29, 1.82) is 5.26 Å². The van der Waals surface area contributed by atoms with E-state index in [9.17, 15) is 10.1 Å². The lowest BCUT2D eigenvalue weighted by Gasteiger charge is -2.25. The van der Waals surface area contributed by atoms with E-state index in [0.29, 0.717) is 34.5 Å². The lowest BCUT2D eigenvalue weighted by atomic mass is 9.84. The van der Waals surface area contributed by atoms with Crippen LogP contribution in [0.1, 0.15) is 28.4 Å². The molecule has 4 rings (SSSR count).